The second-order valence-corrected chi connectivity index (χ2v) is 8.48. The van der Waals surface area contributed by atoms with Gasteiger partial charge in [-0.25, -0.2) is 0 Å². The fourth-order valence-corrected chi connectivity index (χ4v) is 5.39. The fourth-order valence-electron chi connectivity index (χ4n) is 5.39. The molecule has 1 aliphatic carbocycles. The van der Waals surface area contributed by atoms with Crippen molar-refractivity contribution in [2.75, 3.05) is 0 Å². The highest BCUT2D eigenvalue weighted by atomic mass is 14.5. The molecule has 0 amide bonds. The van der Waals surface area contributed by atoms with Gasteiger partial charge in [0.05, 0.1) is 17.0 Å². The van der Waals surface area contributed by atoms with Crippen molar-refractivity contribution in [2.45, 2.75) is 5.41 Å². The number of hydrogen-bond acceptors (Lipinski definition) is 1. The van der Waals surface area contributed by atoms with Gasteiger partial charge < -0.3 is 0 Å². The molecule has 1 aliphatic rings. The number of fused-ring (bicyclic) bond motifs is 3. The molecule has 1 heteroatoms. The Morgan fingerprint density at radius 2 is 1.12 bits per heavy atom. The first kappa shape index (κ1) is 19.3. The zero-order valence-electron chi connectivity index (χ0n) is 18.1. The molecule has 1 unspecified atom stereocenters. The minimum atomic E-state index is -0.452. The minimum Gasteiger partial charge on any atom is -0.192 e. The van der Waals surface area contributed by atoms with Crippen molar-refractivity contribution < 1.29 is 0 Å². The van der Waals surface area contributed by atoms with Gasteiger partial charge in [0.1, 0.15) is 0 Å². The van der Waals surface area contributed by atoms with Crippen LogP contribution in [-0.4, -0.2) is 0 Å². The van der Waals surface area contributed by atoms with Crippen LogP contribution in [0.1, 0.15) is 27.8 Å². The summed E-state index contributed by atoms with van der Waals surface area (Å²) in [6, 6.07) is 47.3. The summed E-state index contributed by atoms with van der Waals surface area (Å²) in [5, 5.41) is 9.59. The predicted octanol–water partition coefficient (Wildman–Crippen LogP) is 7.59. The zero-order valence-corrected chi connectivity index (χ0v) is 18.1. The highest BCUT2D eigenvalue weighted by Gasteiger charge is 2.46. The van der Waals surface area contributed by atoms with Crippen LogP contribution in [0.5, 0.6) is 0 Å². The molecule has 154 valence electrons. The molecule has 33 heavy (non-hydrogen) atoms. The number of nitrogens with zero attached hydrogens (tertiary/aromatic N) is 1. The van der Waals surface area contributed by atoms with Crippen molar-refractivity contribution >= 4 is 0 Å². The molecule has 0 heterocycles. The van der Waals surface area contributed by atoms with E-state index in [1.165, 1.54) is 38.9 Å². The van der Waals surface area contributed by atoms with Gasteiger partial charge in [0, 0.05) is 0 Å². The summed E-state index contributed by atoms with van der Waals surface area (Å²) in [6.45, 7) is 0. The third kappa shape index (κ3) is 2.85. The average Bonchev–Trinajstić information content (AvgIpc) is 3.20. The van der Waals surface area contributed by atoms with Crippen LogP contribution in [0.4, 0.5) is 0 Å². The van der Waals surface area contributed by atoms with Crippen molar-refractivity contribution in [3.05, 3.63) is 155 Å². The lowest BCUT2D eigenvalue weighted by atomic mass is 9.67. The Balaban J connectivity index is 1.72. The maximum atomic E-state index is 9.59. The van der Waals surface area contributed by atoms with Crippen molar-refractivity contribution in [3.8, 4) is 28.3 Å². The predicted molar refractivity (Wildman–Crippen MR) is 134 cm³/mol. The van der Waals surface area contributed by atoms with Crippen molar-refractivity contribution in [2.24, 2.45) is 0 Å². The van der Waals surface area contributed by atoms with E-state index in [1.54, 1.807) is 0 Å². The molecule has 1 nitrogen and oxygen atoms in total. The summed E-state index contributed by atoms with van der Waals surface area (Å²) in [6.07, 6.45) is 0. The van der Waals surface area contributed by atoms with Crippen LogP contribution in [0, 0.1) is 11.3 Å². The van der Waals surface area contributed by atoms with Gasteiger partial charge in [-0.05, 0) is 62.7 Å². The van der Waals surface area contributed by atoms with Gasteiger partial charge in [-0.15, -0.1) is 0 Å². The molecule has 1 atom stereocenters. The van der Waals surface area contributed by atoms with Crippen LogP contribution in [0.25, 0.3) is 22.3 Å². The average molecular weight is 420 g/mol. The normalized spacial score (nSPS) is 16.0. The maximum Gasteiger partial charge on any atom is 0.0991 e. The molecule has 0 spiro atoms. The van der Waals surface area contributed by atoms with E-state index in [0.717, 1.165) is 5.56 Å². The summed E-state index contributed by atoms with van der Waals surface area (Å²) in [7, 11) is 0. The second-order valence-electron chi connectivity index (χ2n) is 8.48. The standard InChI is InChI=1S/C32H21N/c33-22-23-18-19-31-29(20-23)28-16-7-8-17-30(28)32(31,26-13-5-2-6-14-26)27-15-9-12-25(21-27)24-10-3-1-4-11-24/h1-21H. The lowest BCUT2D eigenvalue weighted by Crippen LogP contribution is -2.28. The summed E-state index contributed by atoms with van der Waals surface area (Å²) >= 11 is 0. The molecule has 0 radical (unpaired) electrons. The Hall–Kier alpha value is -4.41. The first-order chi connectivity index (χ1) is 16.3. The Morgan fingerprint density at radius 3 is 1.91 bits per heavy atom. The minimum absolute atomic E-state index is 0.452. The molecule has 0 fully saturated rings. The Labute approximate surface area is 194 Å². The van der Waals surface area contributed by atoms with Crippen LogP contribution < -0.4 is 0 Å². The smallest absolute Gasteiger partial charge is 0.0991 e. The Kier molecular flexibility index (Phi) is 4.45. The van der Waals surface area contributed by atoms with E-state index in [4.69, 9.17) is 0 Å². The molecule has 6 rings (SSSR count). The number of nitriles is 1. The molecule has 0 bridgehead atoms. The third-order valence-electron chi connectivity index (χ3n) is 6.78. The number of rotatable bonds is 3. The van der Waals surface area contributed by atoms with E-state index in [2.05, 4.69) is 121 Å². The van der Waals surface area contributed by atoms with Gasteiger partial charge in [-0.1, -0.05) is 109 Å². The monoisotopic (exact) mass is 419 g/mol. The summed E-state index contributed by atoms with van der Waals surface area (Å²) in [5.41, 5.74) is 9.90. The molecular weight excluding hydrogens is 398 g/mol. The molecule has 0 aromatic heterocycles. The zero-order chi connectivity index (χ0) is 22.3. The highest BCUT2D eigenvalue weighted by molar-refractivity contribution is 5.87. The van der Waals surface area contributed by atoms with E-state index in [0.29, 0.717) is 5.56 Å². The van der Waals surface area contributed by atoms with Crippen LogP contribution in [0.3, 0.4) is 0 Å². The van der Waals surface area contributed by atoms with Gasteiger partial charge in [-0.3, -0.25) is 0 Å². The summed E-state index contributed by atoms with van der Waals surface area (Å²) < 4.78 is 0. The van der Waals surface area contributed by atoms with Gasteiger partial charge in [-0.2, -0.15) is 5.26 Å². The van der Waals surface area contributed by atoms with E-state index in [9.17, 15) is 5.26 Å². The van der Waals surface area contributed by atoms with E-state index in [1.807, 2.05) is 12.1 Å². The van der Waals surface area contributed by atoms with Gasteiger partial charge in [0.2, 0.25) is 0 Å². The maximum absolute atomic E-state index is 9.59. The van der Waals surface area contributed by atoms with Crippen LogP contribution in [0.2, 0.25) is 0 Å². The summed E-state index contributed by atoms with van der Waals surface area (Å²) in [5.74, 6) is 0. The fraction of sp³-hybridized carbons (Fsp3) is 0.0312. The highest BCUT2D eigenvalue weighted by Crippen LogP contribution is 2.56. The second kappa shape index (κ2) is 7.62. The Bertz CT molecular complexity index is 1510. The van der Waals surface area contributed by atoms with Crippen molar-refractivity contribution in [1.29, 1.82) is 5.26 Å². The lowest BCUT2D eigenvalue weighted by Gasteiger charge is -2.34. The molecule has 5 aromatic carbocycles. The topological polar surface area (TPSA) is 23.8 Å². The number of benzene rings is 5. The van der Waals surface area contributed by atoms with Crippen molar-refractivity contribution in [3.63, 3.8) is 0 Å². The van der Waals surface area contributed by atoms with E-state index < -0.39 is 5.41 Å². The van der Waals surface area contributed by atoms with Gasteiger partial charge >= 0.3 is 0 Å². The lowest BCUT2D eigenvalue weighted by molar-refractivity contribution is 0.768. The van der Waals surface area contributed by atoms with E-state index in [-0.39, 0.29) is 0 Å². The van der Waals surface area contributed by atoms with Gasteiger partial charge in [0.25, 0.3) is 0 Å². The Morgan fingerprint density at radius 1 is 0.485 bits per heavy atom. The molecule has 0 saturated carbocycles. The quantitative estimate of drug-likeness (QED) is 0.290. The first-order valence-electron chi connectivity index (χ1n) is 11.2. The third-order valence-corrected chi connectivity index (χ3v) is 6.78. The first-order valence-corrected chi connectivity index (χ1v) is 11.2. The van der Waals surface area contributed by atoms with Crippen LogP contribution >= 0.6 is 0 Å². The molecule has 0 saturated heterocycles. The SMILES string of the molecule is N#Cc1ccc2c(c1)-c1ccccc1C2(c1ccccc1)c1cccc(-c2ccccc2)c1. The largest absolute Gasteiger partial charge is 0.192 e. The van der Waals surface area contributed by atoms with E-state index >= 15 is 0 Å². The van der Waals surface area contributed by atoms with Crippen molar-refractivity contribution in [1.82, 2.24) is 0 Å². The summed E-state index contributed by atoms with van der Waals surface area (Å²) in [4.78, 5) is 0. The van der Waals surface area contributed by atoms with Crippen LogP contribution in [-0.2, 0) is 5.41 Å². The molecule has 0 N–H and O–H groups in total. The molecule has 0 aliphatic heterocycles. The van der Waals surface area contributed by atoms with Crippen LogP contribution in [0.15, 0.2) is 127 Å². The number of hydrogen-bond donors (Lipinski definition) is 0. The van der Waals surface area contributed by atoms with Gasteiger partial charge in [0.15, 0.2) is 0 Å². The molecular formula is C32H21N. The molecule has 5 aromatic rings.